The first kappa shape index (κ1) is 21.7. The minimum atomic E-state index is -0.0138. The molecule has 0 aromatic heterocycles. The summed E-state index contributed by atoms with van der Waals surface area (Å²) in [5, 5.41) is 9.48. The van der Waals surface area contributed by atoms with Crippen LogP contribution in [-0.4, -0.2) is 74.3 Å². The summed E-state index contributed by atoms with van der Waals surface area (Å²) in [7, 11) is 0. The molecule has 1 atom stereocenters. The Morgan fingerprint density at radius 1 is 1.24 bits per heavy atom. The zero-order chi connectivity index (χ0) is 18.7. The van der Waals surface area contributed by atoms with Gasteiger partial charge in [-0.15, -0.1) is 0 Å². The number of rotatable bonds is 9. The molecule has 1 saturated heterocycles. The van der Waals surface area contributed by atoms with Gasteiger partial charge in [-0.2, -0.15) is 0 Å². The predicted octanol–water partition coefficient (Wildman–Crippen LogP) is 0.957. The first-order valence-corrected chi connectivity index (χ1v) is 9.53. The Morgan fingerprint density at radius 3 is 2.52 bits per heavy atom. The molecule has 0 saturated carbocycles. The Balaban J connectivity index is 2.45. The van der Waals surface area contributed by atoms with Crippen LogP contribution in [0.25, 0.3) is 0 Å². The monoisotopic (exact) mass is 355 g/mol. The quantitative estimate of drug-likeness (QED) is 0.424. The van der Waals surface area contributed by atoms with Crippen molar-refractivity contribution in [2.24, 2.45) is 4.99 Å². The van der Waals surface area contributed by atoms with Crippen LogP contribution in [0.3, 0.4) is 0 Å². The van der Waals surface area contributed by atoms with E-state index in [1.807, 2.05) is 13.8 Å². The topological polar surface area (TPSA) is 78.0 Å². The first-order valence-electron chi connectivity index (χ1n) is 9.53. The summed E-state index contributed by atoms with van der Waals surface area (Å²) in [6, 6.07) is 0.226. The number of aliphatic imine (C=N–C) groups is 1. The van der Waals surface area contributed by atoms with E-state index in [1.165, 1.54) is 0 Å². The third-order valence-corrected chi connectivity index (χ3v) is 4.50. The molecule has 7 heteroatoms. The minimum Gasteiger partial charge on any atom is -0.379 e. The van der Waals surface area contributed by atoms with Crippen molar-refractivity contribution in [3.05, 3.63) is 0 Å². The van der Waals surface area contributed by atoms with Gasteiger partial charge in [0.15, 0.2) is 5.96 Å². The van der Waals surface area contributed by atoms with Crippen LogP contribution >= 0.6 is 0 Å². The lowest BCUT2D eigenvalue weighted by atomic mass is 10.0. The first-order chi connectivity index (χ1) is 11.9. The fraction of sp³-hybridized carbons (Fsp3) is 0.889. The molecule has 3 N–H and O–H groups in total. The summed E-state index contributed by atoms with van der Waals surface area (Å²) >= 11 is 0. The molecule has 0 radical (unpaired) electrons. The molecule has 0 spiro atoms. The minimum absolute atomic E-state index is 0.0138. The fourth-order valence-electron chi connectivity index (χ4n) is 2.63. The maximum atomic E-state index is 11.8. The number of morpholine rings is 1. The van der Waals surface area contributed by atoms with Crippen molar-refractivity contribution in [2.45, 2.75) is 59.0 Å². The summed E-state index contributed by atoms with van der Waals surface area (Å²) in [6.07, 6.45) is 1.39. The maximum Gasteiger partial charge on any atom is 0.221 e. The van der Waals surface area contributed by atoms with E-state index in [4.69, 9.17) is 9.73 Å². The highest BCUT2D eigenvalue weighted by molar-refractivity contribution is 5.81. The number of nitrogens with one attached hydrogen (secondary N) is 3. The van der Waals surface area contributed by atoms with Gasteiger partial charge in [0.05, 0.1) is 19.8 Å². The third kappa shape index (κ3) is 8.54. The van der Waals surface area contributed by atoms with Gasteiger partial charge < -0.3 is 20.7 Å². The van der Waals surface area contributed by atoms with Gasteiger partial charge in [0.2, 0.25) is 5.91 Å². The van der Waals surface area contributed by atoms with Crippen LogP contribution in [0.5, 0.6) is 0 Å². The van der Waals surface area contributed by atoms with Gasteiger partial charge >= 0.3 is 0 Å². The molecule has 0 aromatic carbocycles. The van der Waals surface area contributed by atoms with E-state index < -0.39 is 0 Å². The van der Waals surface area contributed by atoms with Gasteiger partial charge in [0, 0.05) is 44.2 Å². The molecule has 1 aliphatic heterocycles. The van der Waals surface area contributed by atoms with Crippen LogP contribution in [0.4, 0.5) is 0 Å². The number of ether oxygens (including phenoxy) is 1. The lowest BCUT2D eigenvalue weighted by molar-refractivity contribution is -0.121. The number of hydrogen-bond acceptors (Lipinski definition) is 4. The SMILES string of the molecule is CCNC(=NCC(C)(C)N1CCOCC1)NCCC(=O)NC(C)CC. The molecule has 146 valence electrons. The van der Waals surface area contributed by atoms with Gasteiger partial charge in [-0.3, -0.25) is 14.7 Å². The Hall–Kier alpha value is -1.34. The largest absolute Gasteiger partial charge is 0.379 e. The number of amides is 1. The van der Waals surface area contributed by atoms with Crippen molar-refractivity contribution >= 4 is 11.9 Å². The number of carbonyl (C=O) groups excluding carboxylic acids is 1. The molecular weight excluding hydrogens is 318 g/mol. The van der Waals surface area contributed by atoms with E-state index in [2.05, 4.69) is 41.6 Å². The summed E-state index contributed by atoms with van der Waals surface area (Å²) in [6.45, 7) is 16.1. The van der Waals surface area contributed by atoms with Crippen LogP contribution in [0, 0.1) is 0 Å². The molecule has 7 nitrogen and oxygen atoms in total. The lowest BCUT2D eigenvalue weighted by Gasteiger charge is -2.39. The number of hydrogen-bond donors (Lipinski definition) is 3. The predicted molar refractivity (Wildman–Crippen MR) is 103 cm³/mol. The molecule has 1 rings (SSSR count). The van der Waals surface area contributed by atoms with Crippen LogP contribution in [0.1, 0.15) is 47.5 Å². The second-order valence-corrected chi connectivity index (χ2v) is 7.16. The molecular formula is C18H37N5O2. The average Bonchev–Trinajstić information content (AvgIpc) is 2.60. The number of guanidine groups is 1. The van der Waals surface area contributed by atoms with Crippen molar-refractivity contribution < 1.29 is 9.53 Å². The lowest BCUT2D eigenvalue weighted by Crippen LogP contribution is -2.52. The van der Waals surface area contributed by atoms with E-state index in [0.29, 0.717) is 19.5 Å². The Labute approximate surface area is 153 Å². The van der Waals surface area contributed by atoms with Crippen LogP contribution in [0.15, 0.2) is 4.99 Å². The number of carbonyl (C=O) groups is 1. The molecule has 1 unspecified atom stereocenters. The van der Waals surface area contributed by atoms with Crippen molar-refractivity contribution in [3.8, 4) is 0 Å². The molecule has 25 heavy (non-hydrogen) atoms. The van der Waals surface area contributed by atoms with Gasteiger partial charge in [-0.05, 0) is 34.1 Å². The van der Waals surface area contributed by atoms with E-state index in [0.717, 1.165) is 45.2 Å². The molecule has 0 bridgehead atoms. The van der Waals surface area contributed by atoms with Gasteiger partial charge in [0.25, 0.3) is 0 Å². The summed E-state index contributed by atoms with van der Waals surface area (Å²) in [4.78, 5) is 19.0. The Morgan fingerprint density at radius 2 is 1.92 bits per heavy atom. The number of nitrogens with zero attached hydrogens (tertiary/aromatic N) is 2. The van der Waals surface area contributed by atoms with Crippen LogP contribution in [0.2, 0.25) is 0 Å². The van der Waals surface area contributed by atoms with E-state index >= 15 is 0 Å². The van der Waals surface area contributed by atoms with Gasteiger partial charge in [0.1, 0.15) is 0 Å². The highest BCUT2D eigenvalue weighted by atomic mass is 16.5. The summed E-state index contributed by atoms with van der Waals surface area (Å²) < 4.78 is 5.43. The average molecular weight is 356 g/mol. The molecule has 0 aromatic rings. The van der Waals surface area contributed by atoms with Crippen molar-refractivity contribution in [3.63, 3.8) is 0 Å². The van der Waals surface area contributed by atoms with Gasteiger partial charge in [-0.1, -0.05) is 6.92 Å². The van der Waals surface area contributed by atoms with E-state index in [1.54, 1.807) is 0 Å². The van der Waals surface area contributed by atoms with Crippen molar-refractivity contribution in [2.75, 3.05) is 45.9 Å². The van der Waals surface area contributed by atoms with Gasteiger partial charge in [-0.25, -0.2) is 0 Å². The van der Waals surface area contributed by atoms with Crippen LogP contribution in [-0.2, 0) is 9.53 Å². The summed E-state index contributed by atoms with van der Waals surface area (Å²) in [5.74, 6) is 0.839. The standard InChI is InChI=1S/C18H37N5O2/c1-6-15(3)22-16(24)8-9-20-17(19-7-2)21-14-18(4,5)23-10-12-25-13-11-23/h15H,6-14H2,1-5H3,(H,22,24)(H2,19,20,21). The molecule has 1 fully saturated rings. The smallest absolute Gasteiger partial charge is 0.221 e. The maximum absolute atomic E-state index is 11.8. The molecule has 1 heterocycles. The zero-order valence-electron chi connectivity index (χ0n) is 16.7. The second-order valence-electron chi connectivity index (χ2n) is 7.16. The Kier molecular flexibility index (Phi) is 9.82. The summed E-state index contributed by atoms with van der Waals surface area (Å²) in [5.41, 5.74) is -0.0138. The normalized spacial score (nSPS) is 17.9. The van der Waals surface area contributed by atoms with E-state index in [9.17, 15) is 4.79 Å². The highest BCUT2D eigenvalue weighted by Gasteiger charge is 2.28. The fourth-order valence-corrected chi connectivity index (χ4v) is 2.63. The third-order valence-electron chi connectivity index (χ3n) is 4.50. The Bertz CT molecular complexity index is 420. The second kappa shape index (κ2) is 11.3. The zero-order valence-corrected chi connectivity index (χ0v) is 16.7. The van der Waals surface area contributed by atoms with Crippen molar-refractivity contribution in [1.82, 2.24) is 20.9 Å². The highest BCUT2D eigenvalue weighted by Crippen LogP contribution is 2.16. The molecule has 1 aliphatic rings. The molecule has 0 aliphatic carbocycles. The van der Waals surface area contributed by atoms with Crippen molar-refractivity contribution in [1.29, 1.82) is 0 Å². The van der Waals surface area contributed by atoms with E-state index in [-0.39, 0.29) is 17.5 Å². The molecule has 1 amide bonds. The van der Waals surface area contributed by atoms with Crippen LogP contribution < -0.4 is 16.0 Å².